The fourth-order valence-corrected chi connectivity index (χ4v) is 4.01. The van der Waals surface area contributed by atoms with Crippen molar-refractivity contribution >= 4 is 10.0 Å². The van der Waals surface area contributed by atoms with Crippen molar-refractivity contribution in [1.29, 1.82) is 0 Å². The second-order valence-electron chi connectivity index (χ2n) is 4.83. The maximum atomic E-state index is 12.3. The Labute approximate surface area is 120 Å². The van der Waals surface area contributed by atoms with Gasteiger partial charge in [-0.2, -0.15) is 17.5 Å². The molecule has 0 aromatic carbocycles. The van der Waals surface area contributed by atoms with Gasteiger partial charge < -0.3 is 9.72 Å². The van der Waals surface area contributed by atoms with Gasteiger partial charge in [0.1, 0.15) is 5.82 Å². The maximum absolute atomic E-state index is 12.3. The topological polar surface area (TPSA) is 75.3 Å². The average molecular weight is 327 g/mol. The van der Waals surface area contributed by atoms with E-state index in [2.05, 4.69) is 9.97 Å². The largest absolute Gasteiger partial charge is 0.390 e. The number of imidazole rings is 1. The van der Waals surface area contributed by atoms with Gasteiger partial charge in [-0.05, 0) is 6.42 Å². The van der Waals surface area contributed by atoms with Crippen LogP contribution < -0.4 is 0 Å². The molecule has 1 fully saturated rings. The first kappa shape index (κ1) is 16.2. The van der Waals surface area contributed by atoms with Gasteiger partial charge in [0.15, 0.2) is 0 Å². The Morgan fingerprint density at radius 3 is 2.76 bits per heavy atom. The van der Waals surface area contributed by atoms with E-state index >= 15 is 0 Å². The molecular weight excluding hydrogens is 311 g/mol. The number of nitrogens with zero attached hydrogens (tertiary/aromatic N) is 2. The summed E-state index contributed by atoms with van der Waals surface area (Å²) in [5, 5.41) is 0. The Morgan fingerprint density at radius 1 is 1.52 bits per heavy atom. The summed E-state index contributed by atoms with van der Waals surface area (Å²) in [6.07, 6.45) is -2.87. The molecule has 120 valence electrons. The van der Waals surface area contributed by atoms with E-state index in [9.17, 15) is 21.6 Å². The summed E-state index contributed by atoms with van der Waals surface area (Å²) in [5.74, 6) is -0.561. The molecule has 0 spiro atoms. The molecule has 1 unspecified atom stereocenters. The molecule has 1 aliphatic rings. The number of sulfonamides is 1. The number of aromatic nitrogens is 2. The van der Waals surface area contributed by atoms with E-state index in [1.807, 2.05) is 0 Å². The number of ether oxygens (including phenoxy) is 1. The van der Waals surface area contributed by atoms with Crippen molar-refractivity contribution in [3.05, 3.63) is 18.2 Å². The Balaban J connectivity index is 2.18. The highest BCUT2D eigenvalue weighted by atomic mass is 32.2. The van der Waals surface area contributed by atoms with E-state index in [0.717, 1.165) is 4.31 Å². The van der Waals surface area contributed by atoms with Gasteiger partial charge in [0, 0.05) is 26.0 Å². The van der Waals surface area contributed by atoms with E-state index in [1.54, 1.807) is 0 Å². The molecule has 0 aliphatic carbocycles. The van der Waals surface area contributed by atoms with Gasteiger partial charge in [-0.15, -0.1) is 0 Å². The van der Waals surface area contributed by atoms with Crippen molar-refractivity contribution in [3.8, 4) is 0 Å². The van der Waals surface area contributed by atoms with Crippen LogP contribution in [0, 0.1) is 0 Å². The molecule has 0 amide bonds. The van der Waals surface area contributed by atoms with Crippen LogP contribution in [0.1, 0.15) is 24.7 Å². The van der Waals surface area contributed by atoms with E-state index in [1.165, 1.54) is 19.5 Å². The molecule has 0 saturated carbocycles. The van der Waals surface area contributed by atoms with Gasteiger partial charge in [-0.25, -0.2) is 13.4 Å². The summed E-state index contributed by atoms with van der Waals surface area (Å²) in [4.78, 5) is 6.80. The lowest BCUT2D eigenvalue weighted by atomic mass is 10.2. The van der Waals surface area contributed by atoms with E-state index < -0.39 is 34.4 Å². The lowest BCUT2D eigenvalue weighted by Gasteiger charge is -2.22. The molecule has 2 rings (SSSR count). The van der Waals surface area contributed by atoms with Crippen molar-refractivity contribution in [3.63, 3.8) is 0 Å². The molecule has 1 aromatic heterocycles. The van der Waals surface area contributed by atoms with Crippen molar-refractivity contribution in [2.75, 3.05) is 19.4 Å². The van der Waals surface area contributed by atoms with E-state index in [0.29, 0.717) is 12.2 Å². The number of hydrogen-bond donors (Lipinski definition) is 1. The number of aromatic amines is 1. The standard InChI is InChI=1S/C11H16F3N3O3S/c1-20-8-6-9(10-15-3-4-16-10)17(7-8)21(18,19)5-2-11(12,13)14/h3-4,8-9H,2,5-7H2,1H3,(H,15,16)/t8-,9?/m1/s1. The first-order chi connectivity index (χ1) is 9.73. The third kappa shape index (κ3) is 3.95. The van der Waals surface area contributed by atoms with Crippen molar-refractivity contribution < 1.29 is 26.3 Å². The third-order valence-corrected chi connectivity index (χ3v) is 5.22. The number of alkyl halides is 3. The molecule has 1 aromatic rings. The molecule has 2 heterocycles. The number of H-pyrrole nitrogens is 1. The lowest BCUT2D eigenvalue weighted by molar-refractivity contribution is -0.130. The summed E-state index contributed by atoms with van der Waals surface area (Å²) >= 11 is 0. The highest BCUT2D eigenvalue weighted by Crippen LogP contribution is 2.34. The van der Waals surface area contributed by atoms with Crippen LogP contribution in [0.15, 0.2) is 12.4 Å². The molecule has 0 bridgehead atoms. The summed E-state index contributed by atoms with van der Waals surface area (Å²) in [6.45, 7) is 0.0298. The molecular formula is C11H16F3N3O3S. The smallest absolute Gasteiger partial charge is 0.380 e. The van der Waals surface area contributed by atoms with E-state index in [-0.39, 0.29) is 12.6 Å². The van der Waals surface area contributed by atoms with Crippen molar-refractivity contribution in [2.45, 2.75) is 31.2 Å². The van der Waals surface area contributed by atoms with Crippen LogP contribution in [0.25, 0.3) is 0 Å². The summed E-state index contributed by atoms with van der Waals surface area (Å²) in [5.41, 5.74) is 0. The van der Waals surface area contributed by atoms with Gasteiger partial charge in [-0.3, -0.25) is 0 Å². The molecule has 10 heteroatoms. The first-order valence-electron chi connectivity index (χ1n) is 6.31. The van der Waals surface area contributed by atoms with Crippen LogP contribution in [0.3, 0.4) is 0 Å². The van der Waals surface area contributed by atoms with Gasteiger partial charge in [0.25, 0.3) is 0 Å². The number of hydrogen-bond acceptors (Lipinski definition) is 4. The average Bonchev–Trinajstić information content (AvgIpc) is 3.04. The monoisotopic (exact) mass is 327 g/mol. The first-order valence-corrected chi connectivity index (χ1v) is 7.92. The Hall–Kier alpha value is -1.13. The highest BCUT2D eigenvalue weighted by Gasteiger charge is 2.43. The van der Waals surface area contributed by atoms with Crippen LogP contribution in [-0.4, -0.2) is 54.4 Å². The quantitative estimate of drug-likeness (QED) is 0.888. The van der Waals surface area contributed by atoms with Crippen LogP contribution >= 0.6 is 0 Å². The number of nitrogens with one attached hydrogen (secondary N) is 1. The molecule has 1 saturated heterocycles. The second kappa shape index (κ2) is 5.93. The number of methoxy groups -OCH3 is 1. The van der Waals surface area contributed by atoms with Gasteiger partial charge in [0.05, 0.1) is 24.3 Å². The van der Waals surface area contributed by atoms with Gasteiger partial charge in [-0.1, -0.05) is 0 Å². The zero-order valence-electron chi connectivity index (χ0n) is 11.3. The SMILES string of the molecule is CO[C@@H]1CC(c2ncc[nH]2)N(S(=O)(=O)CCC(F)(F)F)C1. The number of halogens is 3. The van der Waals surface area contributed by atoms with E-state index in [4.69, 9.17) is 4.74 Å². The van der Waals surface area contributed by atoms with Crippen LogP contribution in [0.2, 0.25) is 0 Å². The molecule has 6 nitrogen and oxygen atoms in total. The minimum atomic E-state index is -4.51. The van der Waals surface area contributed by atoms with Crippen LogP contribution in [-0.2, 0) is 14.8 Å². The molecule has 21 heavy (non-hydrogen) atoms. The van der Waals surface area contributed by atoms with Crippen LogP contribution in [0.4, 0.5) is 13.2 Å². The number of rotatable bonds is 5. The predicted octanol–water partition coefficient (Wildman–Crippen LogP) is 1.45. The lowest BCUT2D eigenvalue weighted by Crippen LogP contribution is -2.35. The minimum absolute atomic E-state index is 0.0298. The zero-order valence-corrected chi connectivity index (χ0v) is 12.1. The molecule has 2 atom stereocenters. The normalized spacial score (nSPS) is 24.6. The van der Waals surface area contributed by atoms with Crippen LogP contribution in [0.5, 0.6) is 0 Å². The van der Waals surface area contributed by atoms with Gasteiger partial charge >= 0.3 is 6.18 Å². The summed E-state index contributed by atoms with van der Waals surface area (Å²) in [7, 11) is -2.60. The molecule has 1 aliphatic heterocycles. The van der Waals surface area contributed by atoms with Crippen molar-refractivity contribution in [2.24, 2.45) is 0 Å². The third-order valence-electron chi connectivity index (χ3n) is 3.39. The fraction of sp³-hybridized carbons (Fsp3) is 0.727. The predicted molar refractivity (Wildman–Crippen MR) is 67.9 cm³/mol. The Kier molecular flexibility index (Phi) is 4.59. The Morgan fingerprint density at radius 2 is 2.24 bits per heavy atom. The summed E-state index contributed by atoms with van der Waals surface area (Å²) < 4.78 is 67.3. The fourth-order valence-electron chi connectivity index (χ4n) is 2.32. The van der Waals surface area contributed by atoms with Gasteiger partial charge in [0.2, 0.25) is 10.0 Å². The molecule has 1 N–H and O–H groups in total. The second-order valence-corrected chi connectivity index (χ2v) is 6.88. The summed E-state index contributed by atoms with van der Waals surface area (Å²) in [6, 6.07) is -0.622. The zero-order chi connectivity index (χ0) is 15.7. The minimum Gasteiger partial charge on any atom is -0.380 e. The Bertz CT molecular complexity index is 559. The maximum Gasteiger partial charge on any atom is 0.390 e. The highest BCUT2D eigenvalue weighted by molar-refractivity contribution is 7.89. The van der Waals surface area contributed by atoms with Crippen molar-refractivity contribution in [1.82, 2.24) is 14.3 Å². The molecule has 0 radical (unpaired) electrons.